The van der Waals surface area contributed by atoms with Gasteiger partial charge in [0.05, 0.1) is 36.2 Å². The van der Waals surface area contributed by atoms with Crippen LogP contribution in [0.25, 0.3) is 0 Å². The van der Waals surface area contributed by atoms with E-state index in [2.05, 4.69) is 10.6 Å². The van der Waals surface area contributed by atoms with Gasteiger partial charge in [0.1, 0.15) is 11.5 Å². The molecule has 0 aromatic heterocycles. The summed E-state index contributed by atoms with van der Waals surface area (Å²) < 4.78 is 10.9. The Morgan fingerprint density at radius 1 is 0.838 bits per heavy atom. The van der Waals surface area contributed by atoms with Gasteiger partial charge in [-0.05, 0) is 37.1 Å². The minimum absolute atomic E-state index is 0.135. The molecule has 9 heteroatoms. The molecule has 0 unspecified atom stereocenters. The maximum atomic E-state index is 13.1. The fourth-order valence-corrected chi connectivity index (χ4v) is 4.48. The van der Waals surface area contributed by atoms with Crippen molar-refractivity contribution in [3.8, 4) is 11.5 Å². The summed E-state index contributed by atoms with van der Waals surface area (Å²) in [6, 6.07) is 19.0. The van der Waals surface area contributed by atoms with Crippen LogP contribution in [0.3, 0.4) is 0 Å². The Morgan fingerprint density at radius 3 is 2.00 bits per heavy atom. The average molecular weight is 522 g/mol. The molecule has 0 radical (unpaired) electrons. The van der Waals surface area contributed by atoms with Crippen molar-refractivity contribution in [1.82, 2.24) is 4.90 Å². The molecule has 3 aromatic rings. The molecule has 3 amide bonds. The Labute approximate surface area is 220 Å². The zero-order chi connectivity index (χ0) is 26.4. The van der Waals surface area contributed by atoms with E-state index in [1.165, 1.54) is 14.2 Å². The van der Waals surface area contributed by atoms with Crippen molar-refractivity contribution in [2.45, 2.75) is 12.8 Å². The monoisotopic (exact) mass is 521 g/mol. The average Bonchev–Trinajstić information content (AvgIpc) is 2.94. The fraction of sp³-hybridized carbons (Fsp3) is 0.250. The van der Waals surface area contributed by atoms with Crippen LogP contribution in [0.1, 0.15) is 33.6 Å². The van der Waals surface area contributed by atoms with Crippen molar-refractivity contribution in [1.29, 1.82) is 0 Å². The third-order valence-corrected chi connectivity index (χ3v) is 6.65. The highest BCUT2D eigenvalue weighted by atomic mass is 35.5. The number of nitrogens with zero attached hydrogens (tertiary/aromatic N) is 1. The van der Waals surface area contributed by atoms with E-state index in [1.807, 2.05) is 6.07 Å². The number of amides is 3. The van der Waals surface area contributed by atoms with Crippen LogP contribution in [0.4, 0.5) is 11.4 Å². The van der Waals surface area contributed by atoms with Crippen molar-refractivity contribution in [2.75, 3.05) is 37.9 Å². The fourth-order valence-electron chi connectivity index (χ4n) is 4.26. The number of piperidine rings is 1. The first kappa shape index (κ1) is 26.0. The van der Waals surface area contributed by atoms with Crippen molar-refractivity contribution in [3.05, 3.63) is 82.9 Å². The van der Waals surface area contributed by atoms with Crippen LogP contribution < -0.4 is 20.1 Å². The zero-order valence-corrected chi connectivity index (χ0v) is 21.4. The number of nitrogens with one attached hydrogen (secondary N) is 2. The van der Waals surface area contributed by atoms with Crippen LogP contribution in [0.15, 0.2) is 66.7 Å². The van der Waals surface area contributed by atoms with Crippen molar-refractivity contribution in [2.24, 2.45) is 5.92 Å². The first-order valence-electron chi connectivity index (χ1n) is 11.9. The number of ether oxygens (including phenoxy) is 2. The Morgan fingerprint density at radius 2 is 1.41 bits per heavy atom. The summed E-state index contributed by atoms with van der Waals surface area (Å²) in [5, 5.41) is 6.16. The largest absolute Gasteiger partial charge is 0.494 e. The number of carbonyl (C=O) groups excluding carboxylic acids is 3. The van der Waals surface area contributed by atoms with Crippen molar-refractivity contribution >= 4 is 40.7 Å². The predicted octanol–water partition coefficient (Wildman–Crippen LogP) is 5.10. The summed E-state index contributed by atoms with van der Waals surface area (Å²) in [6.07, 6.45) is 1.04. The molecule has 2 N–H and O–H groups in total. The third-order valence-electron chi connectivity index (χ3n) is 6.32. The molecule has 0 spiro atoms. The van der Waals surface area contributed by atoms with Gasteiger partial charge in [0.2, 0.25) is 5.91 Å². The Kier molecular flexibility index (Phi) is 8.30. The number of methoxy groups -OCH3 is 2. The SMILES string of the molecule is COc1cc(NC(=O)C2CCN(C(=O)c3ccccc3Cl)CC2)c(OC)cc1NC(=O)c1ccccc1. The highest BCUT2D eigenvalue weighted by Gasteiger charge is 2.29. The minimum Gasteiger partial charge on any atom is -0.494 e. The number of hydrogen-bond donors (Lipinski definition) is 2. The molecular formula is C28H28ClN3O5. The summed E-state index contributed by atoms with van der Waals surface area (Å²) >= 11 is 6.17. The predicted molar refractivity (Wildman–Crippen MR) is 143 cm³/mol. The van der Waals surface area contributed by atoms with E-state index in [-0.39, 0.29) is 23.6 Å². The zero-order valence-electron chi connectivity index (χ0n) is 20.6. The molecule has 4 rings (SSSR count). The standard InChI is InChI=1S/C28H28ClN3O5/c1-36-24-17-23(25(37-2)16-22(24)30-26(33)18-8-4-3-5-9-18)31-27(34)19-12-14-32(15-13-19)28(35)20-10-6-7-11-21(20)29/h3-11,16-17,19H,12-15H2,1-2H3,(H,30,33)(H,31,34). The van der Waals surface area contributed by atoms with Gasteiger partial charge in [0, 0.05) is 36.7 Å². The molecule has 0 saturated carbocycles. The molecular weight excluding hydrogens is 494 g/mol. The topological polar surface area (TPSA) is 97.0 Å². The van der Waals surface area contributed by atoms with Crippen molar-refractivity contribution in [3.63, 3.8) is 0 Å². The first-order chi connectivity index (χ1) is 17.9. The molecule has 1 aliphatic heterocycles. The molecule has 0 atom stereocenters. The van der Waals surface area contributed by atoms with E-state index >= 15 is 0 Å². The minimum atomic E-state index is -0.296. The van der Waals surface area contributed by atoms with Crippen molar-refractivity contribution < 1.29 is 23.9 Å². The lowest BCUT2D eigenvalue weighted by atomic mass is 9.95. The quantitative estimate of drug-likeness (QED) is 0.451. The van der Waals surface area contributed by atoms with Gasteiger partial charge in [-0.25, -0.2) is 0 Å². The maximum Gasteiger partial charge on any atom is 0.255 e. The summed E-state index contributed by atoms with van der Waals surface area (Å²) in [7, 11) is 2.97. The van der Waals surface area contributed by atoms with Crippen LogP contribution in [0.5, 0.6) is 11.5 Å². The van der Waals surface area contributed by atoms with E-state index in [0.29, 0.717) is 65.0 Å². The summed E-state index contributed by atoms with van der Waals surface area (Å²) in [4.78, 5) is 40.2. The van der Waals surface area contributed by atoms with Crippen LogP contribution in [0, 0.1) is 5.92 Å². The van der Waals surface area contributed by atoms with Crippen LogP contribution in [-0.2, 0) is 4.79 Å². The van der Waals surface area contributed by atoms with E-state index in [0.717, 1.165) is 0 Å². The number of halogens is 1. The van der Waals surface area contributed by atoms with Gasteiger partial charge in [-0.3, -0.25) is 14.4 Å². The molecule has 8 nitrogen and oxygen atoms in total. The smallest absolute Gasteiger partial charge is 0.255 e. The second kappa shape index (κ2) is 11.8. The Balaban J connectivity index is 1.42. The lowest BCUT2D eigenvalue weighted by molar-refractivity contribution is -0.121. The van der Waals surface area contributed by atoms with E-state index in [1.54, 1.807) is 65.6 Å². The number of likely N-dealkylation sites (tertiary alicyclic amines) is 1. The molecule has 1 heterocycles. The summed E-state index contributed by atoms with van der Waals surface area (Å²) in [5.74, 6) is -0.126. The van der Waals surface area contributed by atoms with E-state index in [9.17, 15) is 14.4 Å². The Bertz CT molecular complexity index is 1290. The van der Waals surface area contributed by atoms with Gasteiger partial charge in [-0.2, -0.15) is 0 Å². The maximum absolute atomic E-state index is 13.1. The van der Waals surface area contributed by atoms with Crippen LogP contribution >= 0.6 is 11.6 Å². The molecule has 37 heavy (non-hydrogen) atoms. The molecule has 1 saturated heterocycles. The van der Waals surface area contributed by atoms with Gasteiger partial charge < -0.3 is 25.0 Å². The molecule has 1 aliphatic rings. The molecule has 3 aromatic carbocycles. The second-order valence-electron chi connectivity index (χ2n) is 8.61. The first-order valence-corrected chi connectivity index (χ1v) is 12.3. The highest BCUT2D eigenvalue weighted by molar-refractivity contribution is 6.33. The summed E-state index contributed by atoms with van der Waals surface area (Å²) in [6.45, 7) is 0.903. The molecule has 1 fully saturated rings. The highest BCUT2D eigenvalue weighted by Crippen LogP contribution is 2.37. The number of benzene rings is 3. The molecule has 0 bridgehead atoms. The number of carbonyl (C=O) groups is 3. The van der Waals surface area contributed by atoms with E-state index < -0.39 is 0 Å². The van der Waals surface area contributed by atoms with Gasteiger partial charge in [0.15, 0.2) is 0 Å². The number of rotatable bonds is 7. The molecule has 0 aliphatic carbocycles. The lowest BCUT2D eigenvalue weighted by Gasteiger charge is -2.31. The number of hydrogen-bond acceptors (Lipinski definition) is 5. The van der Waals surface area contributed by atoms with Crippen LogP contribution in [-0.4, -0.2) is 49.9 Å². The second-order valence-corrected chi connectivity index (χ2v) is 9.02. The Hall–Kier alpha value is -4.04. The van der Waals surface area contributed by atoms with Gasteiger partial charge in [-0.15, -0.1) is 0 Å². The van der Waals surface area contributed by atoms with Gasteiger partial charge >= 0.3 is 0 Å². The van der Waals surface area contributed by atoms with E-state index in [4.69, 9.17) is 21.1 Å². The lowest BCUT2D eigenvalue weighted by Crippen LogP contribution is -2.41. The summed E-state index contributed by atoms with van der Waals surface area (Å²) in [5.41, 5.74) is 1.80. The van der Waals surface area contributed by atoms with Gasteiger partial charge in [-0.1, -0.05) is 41.9 Å². The van der Waals surface area contributed by atoms with Crippen LogP contribution in [0.2, 0.25) is 5.02 Å². The third kappa shape index (κ3) is 6.03. The number of anilines is 2. The molecule has 192 valence electrons. The normalized spacial score (nSPS) is 13.5. The van der Waals surface area contributed by atoms with Gasteiger partial charge in [0.25, 0.3) is 11.8 Å².